The van der Waals surface area contributed by atoms with Crippen LogP contribution in [0.15, 0.2) is 46.9 Å². The van der Waals surface area contributed by atoms with Crippen molar-refractivity contribution in [1.82, 2.24) is 0 Å². The molecule has 2 bridgehead atoms. The Labute approximate surface area is 162 Å². The van der Waals surface area contributed by atoms with Crippen molar-refractivity contribution in [1.29, 1.82) is 0 Å². The van der Waals surface area contributed by atoms with Crippen molar-refractivity contribution in [3.63, 3.8) is 0 Å². The summed E-state index contributed by atoms with van der Waals surface area (Å²) in [6.07, 6.45) is 7.11. The zero-order valence-electron chi connectivity index (χ0n) is 15.6. The standard InChI is InChI=1S/C12H16O2.C10H6O4/c1-2-3-4-5-8-13-12-9-10-6-7-11(12)14-10;11-5-1-2-6(12)10-8(14)4-3-7(13)9(5)10/h6-7,9H,2-5,8H2,1H3;1-4,11-12H. The van der Waals surface area contributed by atoms with Gasteiger partial charge in [-0.1, -0.05) is 26.2 Å². The molecule has 0 amide bonds. The second-order valence-corrected chi connectivity index (χ2v) is 6.54. The Balaban J connectivity index is 0.000000161. The third kappa shape index (κ3) is 4.17. The van der Waals surface area contributed by atoms with Gasteiger partial charge in [0.15, 0.2) is 22.9 Å². The van der Waals surface area contributed by atoms with Gasteiger partial charge in [-0.15, -0.1) is 0 Å². The second kappa shape index (κ2) is 8.61. The van der Waals surface area contributed by atoms with Crippen LogP contribution < -0.4 is 4.74 Å². The third-order valence-electron chi connectivity index (χ3n) is 4.44. The summed E-state index contributed by atoms with van der Waals surface area (Å²) in [5.74, 6) is -0.638. The van der Waals surface area contributed by atoms with E-state index >= 15 is 0 Å². The van der Waals surface area contributed by atoms with Crippen molar-refractivity contribution < 1.29 is 29.0 Å². The van der Waals surface area contributed by atoms with E-state index in [4.69, 9.17) is 9.15 Å². The molecule has 4 rings (SSSR count). The summed E-state index contributed by atoms with van der Waals surface area (Å²) in [6.45, 7) is 3.02. The number of carbonyl (C=O) groups excluding carboxylic acids is 2. The number of allylic oxidation sites excluding steroid dienone is 2. The molecule has 146 valence electrons. The lowest BCUT2D eigenvalue weighted by molar-refractivity contribution is 0.0989. The summed E-state index contributed by atoms with van der Waals surface area (Å²) >= 11 is 0. The number of carbonyl (C=O) groups is 2. The highest BCUT2D eigenvalue weighted by Crippen LogP contribution is 2.32. The van der Waals surface area contributed by atoms with Gasteiger partial charge >= 0.3 is 0 Å². The fourth-order valence-corrected chi connectivity index (χ4v) is 2.98. The zero-order valence-corrected chi connectivity index (χ0v) is 15.6. The molecule has 1 aromatic carbocycles. The molecule has 6 heteroatoms. The first kappa shape index (κ1) is 19.5. The van der Waals surface area contributed by atoms with Gasteiger partial charge in [-0.3, -0.25) is 9.59 Å². The molecule has 2 heterocycles. The summed E-state index contributed by atoms with van der Waals surface area (Å²) < 4.78 is 11.0. The normalized spacial score (nSPS) is 12.8. The van der Waals surface area contributed by atoms with E-state index in [-0.39, 0.29) is 22.6 Å². The van der Waals surface area contributed by atoms with Gasteiger partial charge in [0.1, 0.15) is 17.1 Å². The lowest BCUT2D eigenvalue weighted by Gasteiger charge is -2.11. The minimum absolute atomic E-state index is 0.127. The fourth-order valence-electron chi connectivity index (χ4n) is 2.98. The lowest BCUT2D eigenvalue weighted by atomic mass is 9.93. The molecule has 0 aliphatic heterocycles. The molecule has 1 aliphatic rings. The van der Waals surface area contributed by atoms with E-state index in [1.54, 1.807) is 0 Å². The van der Waals surface area contributed by atoms with Crippen LogP contribution in [0.2, 0.25) is 0 Å². The number of ketones is 2. The van der Waals surface area contributed by atoms with E-state index < -0.39 is 11.6 Å². The molecule has 0 spiro atoms. The molecule has 0 unspecified atom stereocenters. The van der Waals surface area contributed by atoms with Gasteiger partial charge in [-0.25, -0.2) is 0 Å². The number of fused-ring (bicyclic) bond motifs is 3. The van der Waals surface area contributed by atoms with E-state index in [0.29, 0.717) is 0 Å². The first-order valence-electron chi connectivity index (χ1n) is 9.27. The Morgan fingerprint density at radius 1 is 0.893 bits per heavy atom. The maximum absolute atomic E-state index is 11.3. The van der Waals surface area contributed by atoms with Crippen molar-refractivity contribution in [2.24, 2.45) is 0 Å². The minimum atomic E-state index is -0.479. The topological polar surface area (TPSA) is 97.0 Å². The van der Waals surface area contributed by atoms with Crippen molar-refractivity contribution in [3.8, 4) is 17.2 Å². The highest BCUT2D eigenvalue weighted by molar-refractivity contribution is 6.24. The average molecular weight is 382 g/mol. The van der Waals surface area contributed by atoms with Crippen molar-refractivity contribution in [2.45, 2.75) is 32.6 Å². The highest BCUT2D eigenvalue weighted by Gasteiger charge is 2.25. The van der Waals surface area contributed by atoms with E-state index in [2.05, 4.69) is 6.92 Å². The highest BCUT2D eigenvalue weighted by atomic mass is 16.5. The number of hydrogen-bond acceptors (Lipinski definition) is 6. The van der Waals surface area contributed by atoms with Crippen LogP contribution >= 0.6 is 0 Å². The zero-order chi connectivity index (χ0) is 20.1. The Morgan fingerprint density at radius 2 is 1.54 bits per heavy atom. The first-order valence-corrected chi connectivity index (χ1v) is 9.27. The van der Waals surface area contributed by atoms with E-state index in [1.807, 2.05) is 18.2 Å². The largest absolute Gasteiger partial charge is 0.507 e. The van der Waals surface area contributed by atoms with Gasteiger partial charge in [0.25, 0.3) is 0 Å². The first-order chi connectivity index (χ1) is 13.5. The van der Waals surface area contributed by atoms with Gasteiger partial charge in [0.2, 0.25) is 0 Å². The Kier molecular flexibility index (Phi) is 5.99. The average Bonchev–Trinajstić information content (AvgIpc) is 3.30. The third-order valence-corrected chi connectivity index (χ3v) is 4.44. The molecule has 6 nitrogen and oxygen atoms in total. The molecular formula is C22H22O6. The summed E-state index contributed by atoms with van der Waals surface area (Å²) in [4.78, 5) is 22.6. The molecule has 0 saturated heterocycles. The monoisotopic (exact) mass is 382 g/mol. The number of benzene rings is 2. The van der Waals surface area contributed by atoms with E-state index in [0.717, 1.165) is 42.1 Å². The Morgan fingerprint density at radius 3 is 2.04 bits per heavy atom. The number of ether oxygens (including phenoxy) is 1. The minimum Gasteiger partial charge on any atom is -0.507 e. The molecule has 2 N–H and O–H groups in total. The Bertz CT molecular complexity index is 955. The quantitative estimate of drug-likeness (QED) is 0.467. The molecule has 1 aliphatic carbocycles. The van der Waals surface area contributed by atoms with Crippen molar-refractivity contribution >= 4 is 22.7 Å². The van der Waals surface area contributed by atoms with E-state index in [9.17, 15) is 19.8 Å². The van der Waals surface area contributed by atoms with Crippen molar-refractivity contribution in [3.05, 3.63) is 53.6 Å². The molecule has 3 aromatic rings. The van der Waals surface area contributed by atoms with E-state index in [1.165, 1.54) is 31.4 Å². The summed E-state index contributed by atoms with van der Waals surface area (Å²) in [5, 5.41) is 18.7. The molecule has 28 heavy (non-hydrogen) atoms. The number of rotatable bonds is 6. The molecule has 0 fully saturated rings. The van der Waals surface area contributed by atoms with Crippen LogP contribution in [-0.4, -0.2) is 28.4 Å². The molecule has 0 saturated carbocycles. The Hall–Kier alpha value is -3.28. The predicted octanol–water partition coefficient (Wildman–Crippen LogP) is 4.86. The lowest BCUT2D eigenvalue weighted by Crippen LogP contribution is -2.11. The molecule has 0 radical (unpaired) electrons. The second-order valence-electron chi connectivity index (χ2n) is 6.54. The van der Waals surface area contributed by atoms with Crippen LogP contribution in [-0.2, 0) is 0 Å². The number of phenols is 2. The van der Waals surface area contributed by atoms with Gasteiger partial charge in [-0.2, -0.15) is 0 Å². The summed E-state index contributed by atoms with van der Waals surface area (Å²) in [5.41, 5.74) is 1.52. The van der Waals surface area contributed by atoms with Crippen LogP contribution in [0, 0.1) is 0 Å². The molecule has 2 aromatic heterocycles. The number of furan rings is 2. The van der Waals surface area contributed by atoms with Gasteiger partial charge in [0, 0.05) is 6.07 Å². The van der Waals surface area contributed by atoms with Crippen LogP contribution in [0.3, 0.4) is 0 Å². The number of unbranched alkanes of at least 4 members (excludes halogenated alkanes) is 3. The van der Waals surface area contributed by atoms with Crippen LogP contribution in [0.1, 0.15) is 53.3 Å². The summed E-state index contributed by atoms with van der Waals surface area (Å²) in [7, 11) is 0. The van der Waals surface area contributed by atoms with Crippen LogP contribution in [0.5, 0.6) is 17.2 Å². The van der Waals surface area contributed by atoms with Crippen LogP contribution in [0.25, 0.3) is 11.2 Å². The maximum Gasteiger partial charge on any atom is 0.190 e. The van der Waals surface area contributed by atoms with Crippen LogP contribution in [0.4, 0.5) is 0 Å². The number of phenolic OH excluding ortho intramolecular Hbond substituents is 2. The molecular weight excluding hydrogens is 360 g/mol. The SMILES string of the molecule is CCCCCCOc1cc2ccc1o2.O=C1C=CC(=O)c2c(O)ccc(O)c21. The van der Waals surface area contributed by atoms with Gasteiger partial charge in [-0.05, 0) is 42.8 Å². The maximum atomic E-state index is 11.3. The van der Waals surface area contributed by atoms with Crippen molar-refractivity contribution in [2.75, 3.05) is 6.61 Å². The smallest absolute Gasteiger partial charge is 0.190 e. The van der Waals surface area contributed by atoms with Gasteiger partial charge in [0.05, 0.1) is 17.7 Å². The summed E-state index contributed by atoms with van der Waals surface area (Å²) in [6, 6.07) is 8.22. The van der Waals surface area contributed by atoms with Gasteiger partial charge < -0.3 is 19.4 Å². The number of hydrogen-bond donors (Lipinski definition) is 2. The fraction of sp³-hybridized carbons (Fsp3) is 0.273. The predicted molar refractivity (Wildman–Crippen MR) is 105 cm³/mol. The number of aromatic hydroxyl groups is 2. The molecule has 0 atom stereocenters.